The van der Waals surface area contributed by atoms with Crippen molar-refractivity contribution in [3.63, 3.8) is 0 Å². The van der Waals surface area contributed by atoms with Crippen molar-refractivity contribution in [2.75, 3.05) is 18.5 Å². The normalized spacial score (nSPS) is 14.7. The summed E-state index contributed by atoms with van der Waals surface area (Å²) in [5.41, 5.74) is 1.62. The molecule has 0 bridgehead atoms. The molecule has 0 N–H and O–H groups in total. The summed E-state index contributed by atoms with van der Waals surface area (Å²) < 4.78 is 0. The number of para-hydroxylation sites is 1. The summed E-state index contributed by atoms with van der Waals surface area (Å²) in [6, 6.07) is 9.83. The zero-order valence-corrected chi connectivity index (χ0v) is 10.5. The molecular weight excluding hydrogens is 224 g/mol. The van der Waals surface area contributed by atoms with Crippen LogP contribution in [0, 0.1) is 5.92 Å². The standard InChI is InChI=1S/C15H16N2O/c1-17(9-11-6-7-11)15-13(10-18)8-12-4-2-3-5-14(12)16-15/h2-5,8,10-11H,6-7,9H2,1H3. The number of nitrogens with zero attached hydrogens (tertiary/aromatic N) is 2. The maximum atomic E-state index is 11.2. The molecule has 1 saturated carbocycles. The van der Waals surface area contributed by atoms with Gasteiger partial charge in [-0.05, 0) is 30.9 Å². The van der Waals surface area contributed by atoms with Gasteiger partial charge < -0.3 is 4.90 Å². The molecule has 1 heterocycles. The lowest BCUT2D eigenvalue weighted by Crippen LogP contribution is -2.22. The Labute approximate surface area is 106 Å². The van der Waals surface area contributed by atoms with Gasteiger partial charge in [-0.3, -0.25) is 4.79 Å². The van der Waals surface area contributed by atoms with Gasteiger partial charge in [-0.1, -0.05) is 18.2 Å². The lowest BCUT2D eigenvalue weighted by molar-refractivity contribution is 0.112. The number of carbonyl (C=O) groups excluding carboxylic acids is 1. The van der Waals surface area contributed by atoms with Gasteiger partial charge in [0.1, 0.15) is 5.82 Å². The molecule has 0 saturated heterocycles. The van der Waals surface area contributed by atoms with Crippen molar-refractivity contribution < 1.29 is 4.79 Å². The molecule has 1 aliphatic carbocycles. The van der Waals surface area contributed by atoms with Gasteiger partial charge in [0.25, 0.3) is 0 Å². The van der Waals surface area contributed by atoms with Crippen molar-refractivity contribution >= 4 is 23.0 Å². The predicted molar refractivity (Wildman–Crippen MR) is 73.1 cm³/mol. The van der Waals surface area contributed by atoms with E-state index in [-0.39, 0.29) is 0 Å². The molecule has 18 heavy (non-hydrogen) atoms. The predicted octanol–water partition coefficient (Wildman–Crippen LogP) is 2.89. The Morgan fingerprint density at radius 2 is 2.17 bits per heavy atom. The van der Waals surface area contributed by atoms with Gasteiger partial charge in [-0.15, -0.1) is 0 Å². The highest BCUT2D eigenvalue weighted by Gasteiger charge is 2.24. The minimum atomic E-state index is 0.678. The molecule has 3 nitrogen and oxygen atoms in total. The lowest BCUT2D eigenvalue weighted by atomic mass is 10.1. The van der Waals surface area contributed by atoms with Crippen LogP contribution >= 0.6 is 0 Å². The third-order valence-electron chi connectivity index (χ3n) is 3.45. The average Bonchev–Trinajstić information content (AvgIpc) is 3.21. The molecule has 0 amide bonds. The first kappa shape index (κ1) is 11.2. The van der Waals surface area contributed by atoms with Crippen LogP contribution in [-0.4, -0.2) is 24.9 Å². The van der Waals surface area contributed by atoms with Crippen LogP contribution in [0.25, 0.3) is 10.9 Å². The van der Waals surface area contributed by atoms with Gasteiger partial charge in [0.2, 0.25) is 0 Å². The Bertz CT molecular complexity index is 590. The Morgan fingerprint density at radius 1 is 1.39 bits per heavy atom. The Kier molecular flexibility index (Phi) is 2.74. The van der Waals surface area contributed by atoms with Crippen molar-refractivity contribution in [3.05, 3.63) is 35.9 Å². The van der Waals surface area contributed by atoms with Gasteiger partial charge in [-0.25, -0.2) is 4.98 Å². The molecule has 1 aliphatic rings. The van der Waals surface area contributed by atoms with Gasteiger partial charge in [0, 0.05) is 19.0 Å². The van der Waals surface area contributed by atoms with Gasteiger partial charge in [0.15, 0.2) is 6.29 Å². The quantitative estimate of drug-likeness (QED) is 0.770. The van der Waals surface area contributed by atoms with E-state index in [1.807, 2.05) is 37.4 Å². The second-order valence-corrected chi connectivity index (χ2v) is 5.04. The third-order valence-corrected chi connectivity index (χ3v) is 3.45. The highest BCUT2D eigenvalue weighted by atomic mass is 16.1. The minimum absolute atomic E-state index is 0.678. The first-order valence-electron chi connectivity index (χ1n) is 6.34. The zero-order valence-electron chi connectivity index (χ0n) is 10.5. The average molecular weight is 240 g/mol. The van der Waals surface area contributed by atoms with Gasteiger partial charge >= 0.3 is 0 Å². The summed E-state index contributed by atoms with van der Waals surface area (Å²) >= 11 is 0. The number of hydrogen-bond donors (Lipinski definition) is 0. The maximum absolute atomic E-state index is 11.2. The topological polar surface area (TPSA) is 33.2 Å². The van der Waals surface area contributed by atoms with Crippen LogP contribution in [0.1, 0.15) is 23.2 Å². The Hall–Kier alpha value is -1.90. The van der Waals surface area contributed by atoms with Crippen LogP contribution in [0.15, 0.2) is 30.3 Å². The Balaban J connectivity index is 2.04. The van der Waals surface area contributed by atoms with E-state index in [0.717, 1.165) is 35.5 Å². The molecule has 0 spiro atoms. The van der Waals surface area contributed by atoms with Crippen molar-refractivity contribution in [1.82, 2.24) is 4.98 Å². The molecule has 92 valence electrons. The number of hydrogen-bond acceptors (Lipinski definition) is 3. The van der Waals surface area contributed by atoms with Crippen LogP contribution < -0.4 is 4.90 Å². The smallest absolute Gasteiger partial charge is 0.153 e. The molecule has 1 aromatic heterocycles. The largest absolute Gasteiger partial charge is 0.359 e. The summed E-state index contributed by atoms with van der Waals surface area (Å²) in [5.74, 6) is 1.58. The van der Waals surface area contributed by atoms with E-state index < -0.39 is 0 Å². The molecule has 0 aliphatic heterocycles. The number of pyridine rings is 1. The molecule has 3 rings (SSSR count). The van der Waals surface area contributed by atoms with E-state index >= 15 is 0 Å². The summed E-state index contributed by atoms with van der Waals surface area (Å²) in [5, 5.41) is 1.02. The van der Waals surface area contributed by atoms with Gasteiger partial charge in [-0.2, -0.15) is 0 Å². The second-order valence-electron chi connectivity index (χ2n) is 5.04. The second kappa shape index (κ2) is 4.41. The molecule has 1 fully saturated rings. The lowest BCUT2D eigenvalue weighted by Gasteiger charge is -2.20. The molecule has 0 unspecified atom stereocenters. The summed E-state index contributed by atoms with van der Waals surface area (Å²) in [6.07, 6.45) is 3.50. The van der Waals surface area contributed by atoms with E-state index in [9.17, 15) is 4.79 Å². The van der Waals surface area contributed by atoms with E-state index in [1.54, 1.807) is 0 Å². The summed E-state index contributed by atoms with van der Waals surface area (Å²) in [4.78, 5) is 17.9. The van der Waals surface area contributed by atoms with Crippen LogP contribution in [-0.2, 0) is 0 Å². The minimum Gasteiger partial charge on any atom is -0.359 e. The van der Waals surface area contributed by atoms with E-state index in [2.05, 4.69) is 9.88 Å². The number of carbonyl (C=O) groups is 1. The number of benzene rings is 1. The number of aldehydes is 1. The number of aromatic nitrogens is 1. The van der Waals surface area contributed by atoms with Crippen LogP contribution in [0.5, 0.6) is 0 Å². The molecule has 3 heteroatoms. The molecule has 2 aromatic rings. The highest BCUT2D eigenvalue weighted by Crippen LogP contribution is 2.31. The SMILES string of the molecule is CN(CC1CC1)c1nc2ccccc2cc1C=O. The highest BCUT2D eigenvalue weighted by molar-refractivity contribution is 5.91. The first-order chi connectivity index (χ1) is 8.78. The monoisotopic (exact) mass is 240 g/mol. The fraction of sp³-hybridized carbons (Fsp3) is 0.333. The van der Waals surface area contributed by atoms with E-state index in [4.69, 9.17) is 0 Å². The molecule has 0 radical (unpaired) electrons. The van der Waals surface area contributed by atoms with E-state index in [0.29, 0.717) is 5.56 Å². The van der Waals surface area contributed by atoms with E-state index in [1.165, 1.54) is 12.8 Å². The Morgan fingerprint density at radius 3 is 2.89 bits per heavy atom. The van der Waals surface area contributed by atoms with Crippen molar-refractivity contribution in [1.29, 1.82) is 0 Å². The fourth-order valence-electron chi connectivity index (χ4n) is 2.29. The zero-order chi connectivity index (χ0) is 12.5. The fourth-order valence-corrected chi connectivity index (χ4v) is 2.29. The summed E-state index contributed by atoms with van der Waals surface area (Å²) in [7, 11) is 2.02. The third kappa shape index (κ3) is 2.08. The maximum Gasteiger partial charge on any atom is 0.153 e. The van der Waals surface area contributed by atoms with Crippen LogP contribution in [0.3, 0.4) is 0 Å². The number of fused-ring (bicyclic) bond motifs is 1. The molecular formula is C15H16N2O. The van der Waals surface area contributed by atoms with Crippen molar-refractivity contribution in [3.8, 4) is 0 Å². The number of anilines is 1. The molecule has 0 atom stereocenters. The molecule has 1 aromatic carbocycles. The first-order valence-corrected chi connectivity index (χ1v) is 6.34. The van der Waals surface area contributed by atoms with Crippen LogP contribution in [0.2, 0.25) is 0 Å². The summed E-state index contributed by atoms with van der Waals surface area (Å²) in [6.45, 7) is 0.992. The van der Waals surface area contributed by atoms with Crippen LogP contribution in [0.4, 0.5) is 5.82 Å². The van der Waals surface area contributed by atoms with Crippen molar-refractivity contribution in [2.45, 2.75) is 12.8 Å². The number of rotatable bonds is 4. The van der Waals surface area contributed by atoms with Crippen molar-refractivity contribution in [2.24, 2.45) is 5.92 Å². The van der Waals surface area contributed by atoms with Gasteiger partial charge in [0.05, 0.1) is 11.1 Å².